The van der Waals surface area contributed by atoms with E-state index in [4.69, 9.17) is 10.5 Å². The van der Waals surface area contributed by atoms with E-state index in [1.54, 1.807) is 14.0 Å². The number of nitrogens with two attached hydrogens (primary N) is 1. The van der Waals surface area contributed by atoms with E-state index in [2.05, 4.69) is 15.9 Å². The number of carbonyl (C=O) groups excluding carboxylic acids is 1. The Balaban J connectivity index is 2.09. The highest BCUT2D eigenvalue weighted by Crippen LogP contribution is 2.24. The van der Waals surface area contributed by atoms with Crippen molar-refractivity contribution in [3.8, 4) is 0 Å². The lowest BCUT2D eigenvalue weighted by Crippen LogP contribution is -2.53. The molecule has 1 aromatic rings. The summed E-state index contributed by atoms with van der Waals surface area (Å²) in [4.78, 5) is 14.5. The molecule has 2 rings (SSSR count). The molecule has 0 bridgehead atoms. The van der Waals surface area contributed by atoms with E-state index in [-0.39, 0.29) is 12.0 Å². The van der Waals surface area contributed by atoms with Crippen molar-refractivity contribution in [3.63, 3.8) is 0 Å². The summed E-state index contributed by atoms with van der Waals surface area (Å²) in [5.41, 5.74) is 6.14. The van der Waals surface area contributed by atoms with Crippen LogP contribution >= 0.6 is 15.9 Å². The first kappa shape index (κ1) is 15.5. The zero-order valence-corrected chi connectivity index (χ0v) is 13.5. The minimum atomic E-state index is -0.986. The molecular formula is C15H21BrN2O2. The number of amides is 1. The minimum absolute atomic E-state index is 0.0191. The van der Waals surface area contributed by atoms with E-state index in [1.807, 2.05) is 29.2 Å². The average molecular weight is 341 g/mol. The third-order valence-corrected chi connectivity index (χ3v) is 4.48. The molecule has 2 N–H and O–H groups in total. The number of benzene rings is 1. The first-order valence-electron chi connectivity index (χ1n) is 6.82. The molecule has 1 aliphatic rings. The van der Waals surface area contributed by atoms with Crippen LogP contribution in [-0.4, -0.2) is 37.1 Å². The number of hydrogen-bond donors (Lipinski definition) is 1. The second-order valence-electron chi connectivity index (χ2n) is 5.44. The molecular weight excluding hydrogens is 320 g/mol. The topological polar surface area (TPSA) is 55.6 Å². The molecule has 4 nitrogen and oxygen atoms in total. The maximum absolute atomic E-state index is 12.6. The maximum atomic E-state index is 12.6. The van der Waals surface area contributed by atoms with Gasteiger partial charge in [0, 0.05) is 24.7 Å². The molecule has 1 fully saturated rings. The summed E-state index contributed by atoms with van der Waals surface area (Å²) < 4.78 is 6.31. The first-order valence-corrected chi connectivity index (χ1v) is 7.61. The second-order valence-corrected chi connectivity index (χ2v) is 6.35. The maximum Gasteiger partial charge on any atom is 0.246 e. The van der Waals surface area contributed by atoms with Crippen LogP contribution in [0.1, 0.15) is 25.3 Å². The van der Waals surface area contributed by atoms with Crippen LogP contribution in [0, 0.1) is 0 Å². The lowest BCUT2D eigenvalue weighted by Gasteiger charge is -2.36. The van der Waals surface area contributed by atoms with Gasteiger partial charge in [-0.2, -0.15) is 0 Å². The molecule has 1 saturated heterocycles. The van der Waals surface area contributed by atoms with Gasteiger partial charge in [-0.1, -0.05) is 28.1 Å². The monoisotopic (exact) mass is 340 g/mol. The lowest BCUT2D eigenvalue weighted by atomic mass is 9.90. The van der Waals surface area contributed by atoms with Crippen molar-refractivity contribution in [2.24, 2.45) is 5.73 Å². The number of piperidine rings is 1. The van der Waals surface area contributed by atoms with Gasteiger partial charge in [-0.3, -0.25) is 4.79 Å². The minimum Gasteiger partial charge on any atom is -0.381 e. The first-order chi connectivity index (χ1) is 9.45. The largest absolute Gasteiger partial charge is 0.381 e. The zero-order chi connectivity index (χ0) is 14.8. The highest BCUT2D eigenvalue weighted by atomic mass is 79.9. The van der Waals surface area contributed by atoms with Crippen LogP contribution in [0.25, 0.3) is 0 Å². The summed E-state index contributed by atoms with van der Waals surface area (Å²) >= 11 is 3.39. The van der Waals surface area contributed by atoms with E-state index in [0.29, 0.717) is 13.1 Å². The number of carbonyl (C=O) groups is 1. The highest BCUT2D eigenvalue weighted by molar-refractivity contribution is 9.10. The third kappa shape index (κ3) is 3.22. The molecule has 20 heavy (non-hydrogen) atoms. The fraction of sp³-hybridized carbons (Fsp3) is 0.533. The van der Waals surface area contributed by atoms with Crippen molar-refractivity contribution in [1.29, 1.82) is 0 Å². The van der Waals surface area contributed by atoms with Crippen LogP contribution < -0.4 is 5.73 Å². The van der Waals surface area contributed by atoms with Gasteiger partial charge in [0.25, 0.3) is 0 Å². The number of methoxy groups -OCH3 is 1. The Labute approximate surface area is 128 Å². The van der Waals surface area contributed by atoms with E-state index in [9.17, 15) is 4.79 Å². The van der Waals surface area contributed by atoms with Gasteiger partial charge in [0.2, 0.25) is 5.91 Å². The summed E-state index contributed by atoms with van der Waals surface area (Å²) in [7, 11) is 1.72. The van der Waals surface area contributed by atoms with Crippen molar-refractivity contribution in [2.75, 3.05) is 20.2 Å². The molecule has 1 atom stereocenters. The molecule has 1 aromatic carbocycles. The van der Waals surface area contributed by atoms with Gasteiger partial charge in [-0.05, 0) is 37.5 Å². The number of likely N-dealkylation sites (tertiary alicyclic amines) is 1. The van der Waals surface area contributed by atoms with Gasteiger partial charge in [0.1, 0.15) is 5.54 Å². The Morgan fingerprint density at radius 1 is 1.35 bits per heavy atom. The summed E-state index contributed by atoms with van der Waals surface area (Å²) in [6.45, 7) is 3.20. The SMILES string of the molecule is COC1CCN(C(=O)C(C)(N)c2ccc(Br)cc2)CC1. The Morgan fingerprint density at radius 2 is 1.90 bits per heavy atom. The van der Waals surface area contributed by atoms with Crippen LogP contribution in [-0.2, 0) is 15.1 Å². The van der Waals surface area contributed by atoms with Gasteiger partial charge >= 0.3 is 0 Å². The standard InChI is InChI=1S/C15H21BrN2O2/c1-15(17,11-3-5-12(16)6-4-11)14(19)18-9-7-13(20-2)8-10-18/h3-6,13H,7-10,17H2,1-2H3. The Kier molecular flexibility index (Phi) is 4.83. The van der Waals surface area contributed by atoms with Crippen molar-refractivity contribution >= 4 is 21.8 Å². The van der Waals surface area contributed by atoms with Gasteiger partial charge in [-0.15, -0.1) is 0 Å². The summed E-state index contributed by atoms with van der Waals surface area (Å²) in [6, 6.07) is 7.60. The van der Waals surface area contributed by atoms with Crippen molar-refractivity contribution < 1.29 is 9.53 Å². The molecule has 110 valence electrons. The van der Waals surface area contributed by atoms with Gasteiger partial charge in [0.05, 0.1) is 6.10 Å². The van der Waals surface area contributed by atoms with Crippen molar-refractivity contribution in [2.45, 2.75) is 31.4 Å². The fourth-order valence-electron chi connectivity index (χ4n) is 2.54. The molecule has 0 saturated carbocycles. The molecule has 0 spiro atoms. The normalized spacial score (nSPS) is 19.7. The Morgan fingerprint density at radius 3 is 2.40 bits per heavy atom. The fourth-order valence-corrected chi connectivity index (χ4v) is 2.81. The third-order valence-electron chi connectivity index (χ3n) is 3.95. The molecule has 1 amide bonds. The predicted octanol–water partition coefficient (Wildman–Crippen LogP) is 2.26. The smallest absolute Gasteiger partial charge is 0.246 e. The summed E-state index contributed by atoms with van der Waals surface area (Å²) in [5.74, 6) is -0.0191. The van der Waals surface area contributed by atoms with Crippen molar-refractivity contribution in [1.82, 2.24) is 4.90 Å². The molecule has 1 aliphatic heterocycles. The molecule has 5 heteroatoms. The highest BCUT2D eigenvalue weighted by Gasteiger charge is 2.36. The van der Waals surface area contributed by atoms with Crippen LogP contribution in [0.3, 0.4) is 0 Å². The number of ether oxygens (including phenoxy) is 1. The Bertz CT molecular complexity index is 465. The summed E-state index contributed by atoms with van der Waals surface area (Å²) in [5, 5.41) is 0. The number of halogens is 1. The second kappa shape index (κ2) is 6.24. The van der Waals surface area contributed by atoms with Crippen LogP contribution in [0.5, 0.6) is 0 Å². The predicted molar refractivity (Wildman–Crippen MR) is 82.3 cm³/mol. The van der Waals surface area contributed by atoms with Crippen LogP contribution in [0.2, 0.25) is 0 Å². The lowest BCUT2D eigenvalue weighted by molar-refractivity contribution is -0.139. The summed E-state index contributed by atoms with van der Waals surface area (Å²) in [6.07, 6.45) is 2.01. The molecule has 0 radical (unpaired) electrons. The van der Waals surface area contributed by atoms with E-state index in [1.165, 1.54) is 0 Å². The number of rotatable bonds is 3. The van der Waals surface area contributed by atoms with E-state index < -0.39 is 5.54 Å². The number of nitrogens with zero attached hydrogens (tertiary/aromatic N) is 1. The van der Waals surface area contributed by atoms with Crippen LogP contribution in [0.15, 0.2) is 28.7 Å². The molecule has 1 unspecified atom stereocenters. The Hall–Kier alpha value is -0.910. The van der Waals surface area contributed by atoms with Gasteiger partial charge in [-0.25, -0.2) is 0 Å². The molecule has 0 aromatic heterocycles. The zero-order valence-electron chi connectivity index (χ0n) is 11.9. The average Bonchev–Trinajstić information content (AvgIpc) is 2.47. The van der Waals surface area contributed by atoms with E-state index >= 15 is 0 Å². The quantitative estimate of drug-likeness (QED) is 0.918. The van der Waals surface area contributed by atoms with Gasteiger partial charge < -0.3 is 15.4 Å². The molecule has 0 aliphatic carbocycles. The molecule has 1 heterocycles. The van der Waals surface area contributed by atoms with Gasteiger partial charge in [0.15, 0.2) is 0 Å². The van der Waals surface area contributed by atoms with E-state index in [0.717, 1.165) is 22.9 Å². The number of hydrogen-bond acceptors (Lipinski definition) is 3. The van der Waals surface area contributed by atoms with Crippen molar-refractivity contribution in [3.05, 3.63) is 34.3 Å². The van der Waals surface area contributed by atoms with Crippen LogP contribution in [0.4, 0.5) is 0 Å².